The maximum Gasteiger partial charge on any atom is 0.112 e. The lowest BCUT2D eigenvalue weighted by Crippen LogP contribution is -2.59. The zero-order valence-corrected chi connectivity index (χ0v) is 15.3. The highest BCUT2D eigenvalue weighted by Crippen LogP contribution is 2.33. The Morgan fingerprint density at radius 1 is 0.864 bits per heavy atom. The summed E-state index contributed by atoms with van der Waals surface area (Å²) in [4.78, 5) is 2.29. The fraction of sp³-hybridized carbons (Fsp3) is 0.400. The van der Waals surface area contributed by atoms with E-state index in [4.69, 9.17) is 0 Å². The van der Waals surface area contributed by atoms with Crippen LogP contribution in [0.4, 0.5) is 0 Å². The molecule has 0 spiro atoms. The van der Waals surface area contributed by atoms with Gasteiger partial charge in [0.1, 0.15) is 8.07 Å². The topological polar surface area (TPSA) is 3.24 Å². The summed E-state index contributed by atoms with van der Waals surface area (Å²) in [6.45, 7) is 6.17. The van der Waals surface area contributed by atoms with E-state index in [1.807, 2.05) is 0 Å². The Balaban J connectivity index is 2.04. The monoisotopic (exact) mass is 309 g/mol. The van der Waals surface area contributed by atoms with Crippen LogP contribution in [0.5, 0.6) is 0 Å². The van der Waals surface area contributed by atoms with Crippen LogP contribution in [0.3, 0.4) is 0 Å². The summed E-state index contributed by atoms with van der Waals surface area (Å²) in [5.41, 5.74) is 3.19. The molecular formula is C20H27NSi. The molecule has 2 aromatic carbocycles. The number of nitrogens with zero attached hydrogens (tertiary/aromatic N) is 1. The number of benzene rings is 2. The third kappa shape index (κ3) is 2.66. The fourth-order valence-electron chi connectivity index (χ4n) is 3.98. The lowest BCUT2D eigenvalue weighted by Gasteiger charge is -2.38. The molecule has 2 heteroatoms. The van der Waals surface area contributed by atoms with Crippen molar-refractivity contribution in [3.8, 4) is 0 Å². The molecule has 0 amide bonds. The molecule has 0 aliphatic carbocycles. The molecule has 0 fully saturated rings. The summed E-state index contributed by atoms with van der Waals surface area (Å²) in [6.07, 6.45) is 2.50. The second kappa shape index (κ2) is 6.02. The summed E-state index contributed by atoms with van der Waals surface area (Å²) in [5, 5.41) is 3.28. The van der Waals surface area contributed by atoms with Gasteiger partial charge >= 0.3 is 0 Å². The molecule has 1 aliphatic rings. The van der Waals surface area contributed by atoms with Crippen molar-refractivity contribution < 1.29 is 0 Å². The van der Waals surface area contributed by atoms with Gasteiger partial charge in [-0.05, 0) is 44.6 Å². The van der Waals surface area contributed by atoms with Crippen LogP contribution in [0.15, 0.2) is 48.5 Å². The van der Waals surface area contributed by atoms with Crippen molar-refractivity contribution in [2.24, 2.45) is 0 Å². The zero-order chi connectivity index (χ0) is 15.7. The second-order valence-electron chi connectivity index (χ2n) is 7.30. The minimum Gasteiger partial charge on any atom is -0.309 e. The van der Waals surface area contributed by atoms with Gasteiger partial charge in [0.05, 0.1) is 0 Å². The normalized spacial score (nSPS) is 16.4. The summed E-state index contributed by atoms with van der Waals surface area (Å²) in [7, 11) is 2.79. The molecule has 1 heterocycles. The van der Waals surface area contributed by atoms with E-state index >= 15 is 0 Å². The van der Waals surface area contributed by atoms with Gasteiger partial charge in [0.2, 0.25) is 0 Å². The maximum atomic E-state index is 2.50. The molecule has 1 nitrogen and oxygen atoms in total. The Hall–Kier alpha value is -1.38. The van der Waals surface area contributed by atoms with Gasteiger partial charge in [-0.1, -0.05) is 72.0 Å². The van der Waals surface area contributed by atoms with Gasteiger partial charge in [-0.2, -0.15) is 0 Å². The van der Waals surface area contributed by atoms with Crippen molar-refractivity contribution >= 4 is 18.4 Å². The molecule has 3 rings (SSSR count). The van der Waals surface area contributed by atoms with Crippen molar-refractivity contribution in [2.45, 2.75) is 31.9 Å². The fourth-order valence-corrected chi connectivity index (χ4v) is 7.25. The standard InChI is InChI=1S/C20H27NSi/c1-21(2)15-9-12-16-17-10-5-7-13-19(17)22(3,4)20-14-8-6-11-18(16)20/h5-8,10-11,13-14,16H,9,12,15H2,1-4H3. The number of hydrogen-bond acceptors (Lipinski definition) is 1. The molecule has 0 N–H and O–H groups in total. The Labute approximate surface area is 136 Å². The lowest BCUT2D eigenvalue weighted by molar-refractivity contribution is 0.390. The van der Waals surface area contributed by atoms with Gasteiger partial charge in [0.25, 0.3) is 0 Å². The average Bonchev–Trinajstić information content (AvgIpc) is 2.51. The van der Waals surface area contributed by atoms with Gasteiger partial charge in [-0.15, -0.1) is 0 Å². The molecule has 1 aliphatic heterocycles. The van der Waals surface area contributed by atoms with Gasteiger partial charge in [-0.25, -0.2) is 0 Å². The van der Waals surface area contributed by atoms with E-state index in [1.54, 1.807) is 21.5 Å². The zero-order valence-electron chi connectivity index (χ0n) is 14.3. The number of hydrogen-bond donors (Lipinski definition) is 0. The first-order valence-corrected chi connectivity index (χ1v) is 11.4. The first-order valence-electron chi connectivity index (χ1n) is 8.35. The third-order valence-corrected chi connectivity index (χ3v) is 8.72. The van der Waals surface area contributed by atoms with E-state index in [1.165, 1.54) is 19.4 Å². The van der Waals surface area contributed by atoms with E-state index in [9.17, 15) is 0 Å². The van der Waals surface area contributed by atoms with E-state index in [0.29, 0.717) is 5.92 Å². The first kappa shape index (κ1) is 15.5. The van der Waals surface area contributed by atoms with Crippen LogP contribution < -0.4 is 10.4 Å². The summed E-state index contributed by atoms with van der Waals surface area (Å²) in [5.74, 6) is 0.577. The van der Waals surface area contributed by atoms with Crippen LogP contribution in [0.2, 0.25) is 13.1 Å². The quantitative estimate of drug-likeness (QED) is 0.783. The Bertz CT molecular complexity index is 611. The number of rotatable bonds is 4. The van der Waals surface area contributed by atoms with Crippen molar-refractivity contribution in [3.05, 3.63) is 59.7 Å². The SMILES string of the molecule is CN(C)CCCC1c2ccccc2[Si](C)(C)c2ccccc21. The van der Waals surface area contributed by atoms with Gasteiger partial charge in [0, 0.05) is 5.92 Å². The Morgan fingerprint density at radius 2 is 1.36 bits per heavy atom. The van der Waals surface area contributed by atoms with Gasteiger partial charge < -0.3 is 4.90 Å². The van der Waals surface area contributed by atoms with Crippen molar-refractivity contribution in [3.63, 3.8) is 0 Å². The Morgan fingerprint density at radius 3 is 1.86 bits per heavy atom. The lowest BCUT2D eigenvalue weighted by atomic mass is 9.86. The van der Waals surface area contributed by atoms with Gasteiger partial charge in [0.15, 0.2) is 0 Å². The third-order valence-electron chi connectivity index (χ3n) is 5.12. The first-order chi connectivity index (χ1) is 10.5. The maximum absolute atomic E-state index is 2.50. The second-order valence-corrected chi connectivity index (χ2v) is 11.6. The summed E-state index contributed by atoms with van der Waals surface area (Å²) >= 11 is 0. The molecule has 0 radical (unpaired) electrons. The Kier molecular flexibility index (Phi) is 4.24. The van der Waals surface area contributed by atoms with E-state index in [0.717, 1.165) is 0 Å². The smallest absolute Gasteiger partial charge is 0.112 e. The van der Waals surface area contributed by atoms with Crippen LogP contribution >= 0.6 is 0 Å². The largest absolute Gasteiger partial charge is 0.309 e. The van der Waals surface area contributed by atoms with Crippen LogP contribution in [-0.2, 0) is 0 Å². The molecule has 0 saturated heterocycles. The van der Waals surface area contributed by atoms with E-state index in [-0.39, 0.29) is 0 Å². The molecule has 22 heavy (non-hydrogen) atoms. The van der Waals surface area contributed by atoms with E-state index in [2.05, 4.69) is 80.6 Å². The highest BCUT2D eigenvalue weighted by molar-refractivity contribution is 7.01. The highest BCUT2D eigenvalue weighted by atomic mass is 28.3. The van der Waals surface area contributed by atoms with Crippen molar-refractivity contribution in [2.75, 3.05) is 20.6 Å². The van der Waals surface area contributed by atoms with E-state index < -0.39 is 8.07 Å². The number of fused-ring (bicyclic) bond motifs is 2. The van der Waals surface area contributed by atoms with Gasteiger partial charge in [-0.3, -0.25) is 0 Å². The minimum absolute atomic E-state index is 0.577. The molecule has 0 saturated carbocycles. The molecule has 2 aromatic rings. The highest BCUT2D eigenvalue weighted by Gasteiger charge is 2.38. The molecule has 0 aromatic heterocycles. The molecule has 116 valence electrons. The van der Waals surface area contributed by atoms with Crippen LogP contribution in [0.1, 0.15) is 29.9 Å². The van der Waals surface area contributed by atoms with Crippen LogP contribution in [-0.4, -0.2) is 33.6 Å². The van der Waals surface area contributed by atoms with Crippen LogP contribution in [0, 0.1) is 0 Å². The predicted molar refractivity (Wildman–Crippen MR) is 99.3 cm³/mol. The van der Waals surface area contributed by atoms with Crippen molar-refractivity contribution in [1.82, 2.24) is 4.90 Å². The predicted octanol–water partition coefficient (Wildman–Crippen LogP) is 3.30. The average molecular weight is 310 g/mol. The van der Waals surface area contributed by atoms with Crippen LogP contribution in [0.25, 0.3) is 0 Å². The molecule has 0 atom stereocenters. The molecule has 0 bridgehead atoms. The summed E-state index contributed by atoms with van der Waals surface area (Å²) < 4.78 is 0. The van der Waals surface area contributed by atoms with Crippen molar-refractivity contribution in [1.29, 1.82) is 0 Å². The minimum atomic E-state index is -1.55. The summed E-state index contributed by atoms with van der Waals surface area (Å²) in [6, 6.07) is 18.4. The molecule has 0 unspecified atom stereocenters. The molecular weight excluding hydrogens is 282 g/mol.